The molecule has 0 aliphatic heterocycles. The summed E-state index contributed by atoms with van der Waals surface area (Å²) in [6, 6.07) is 2.29. The zero-order valence-corrected chi connectivity index (χ0v) is 8.96. The van der Waals surface area contributed by atoms with E-state index in [0.29, 0.717) is 11.8 Å². The Kier molecular flexibility index (Phi) is 1.72. The quantitative estimate of drug-likeness (QED) is 0.594. The van der Waals surface area contributed by atoms with E-state index in [0.717, 1.165) is 16.9 Å². The highest BCUT2D eigenvalue weighted by Crippen LogP contribution is 2.67. The Morgan fingerprint density at radius 2 is 2.07 bits per heavy atom. The normalized spacial score (nSPS) is 35.5. The zero-order valence-electron chi connectivity index (χ0n) is 8.96. The second kappa shape index (κ2) is 2.60. The maximum Gasteiger partial charge on any atom is 0.106 e. The van der Waals surface area contributed by atoms with Crippen LogP contribution in [0.25, 0.3) is 0 Å². The molecule has 14 heavy (non-hydrogen) atoms. The van der Waals surface area contributed by atoms with Crippen LogP contribution in [-0.4, -0.2) is 12.8 Å². The average Bonchev–Trinajstić information content (AvgIpc) is 2.53. The molecule has 74 valence electrons. The van der Waals surface area contributed by atoms with Crippen molar-refractivity contribution in [1.29, 1.82) is 5.26 Å². The summed E-state index contributed by atoms with van der Waals surface area (Å²) in [6.07, 6.45) is 0. The number of allylic oxidation sites excluding steroid dienone is 2. The van der Waals surface area contributed by atoms with Gasteiger partial charge in [-0.3, -0.25) is 0 Å². The Morgan fingerprint density at radius 1 is 1.43 bits per heavy atom. The van der Waals surface area contributed by atoms with Crippen molar-refractivity contribution in [2.24, 2.45) is 22.4 Å². The van der Waals surface area contributed by atoms with Crippen LogP contribution < -0.4 is 0 Å². The van der Waals surface area contributed by atoms with Crippen LogP contribution in [0.3, 0.4) is 0 Å². The predicted octanol–water partition coefficient (Wildman–Crippen LogP) is 2.11. The molecule has 0 spiro atoms. The van der Waals surface area contributed by atoms with Crippen molar-refractivity contribution in [3.8, 4) is 6.07 Å². The van der Waals surface area contributed by atoms with E-state index >= 15 is 0 Å². The fourth-order valence-corrected chi connectivity index (χ4v) is 2.67. The number of hydrogen-bond acceptors (Lipinski definition) is 3. The number of oxime groups is 1. The van der Waals surface area contributed by atoms with Crippen molar-refractivity contribution in [2.75, 3.05) is 7.11 Å². The number of hydrogen-bond donors (Lipinski definition) is 0. The van der Waals surface area contributed by atoms with Crippen molar-refractivity contribution in [3.05, 3.63) is 11.1 Å². The largest absolute Gasteiger partial charge is 0.399 e. The minimum Gasteiger partial charge on any atom is -0.399 e. The van der Waals surface area contributed by atoms with Crippen LogP contribution in [0.2, 0.25) is 0 Å². The molecule has 0 N–H and O–H groups in total. The predicted molar refractivity (Wildman–Crippen MR) is 53.5 cm³/mol. The van der Waals surface area contributed by atoms with Crippen LogP contribution in [0, 0.1) is 28.6 Å². The Balaban J connectivity index is 2.45. The van der Waals surface area contributed by atoms with E-state index in [1.807, 2.05) is 6.92 Å². The number of nitriles is 1. The molecule has 0 bridgehead atoms. The van der Waals surface area contributed by atoms with E-state index in [1.165, 1.54) is 0 Å². The molecule has 2 unspecified atom stereocenters. The lowest BCUT2D eigenvalue weighted by Crippen LogP contribution is -2.09. The molecule has 0 radical (unpaired) electrons. The van der Waals surface area contributed by atoms with Gasteiger partial charge < -0.3 is 4.84 Å². The highest BCUT2D eigenvalue weighted by atomic mass is 16.6. The third-order valence-corrected chi connectivity index (χ3v) is 3.53. The van der Waals surface area contributed by atoms with E-state index in [9.17, 15) is 0 Å². The Morgan fingerprint density at radius 3 is 2.50 bits per heavy atom. The third-order valence-electron chi connectivity index (χ3n) is 3.53. The van der Waals surface area contributed by atoms with Crippen LogP contribution in [0.4, 0.5) is 0 Å². The Bertz CT molecular complexity index is 385. The fourth-order valence-electron chi connectivity index (χ4n) is 2.67. The van der Waals surface area contributed by atoms with Crippen LogP contribution in [0.1, 0.15) is 20.8 Å². The molecule has 2 rings (SSSR count). The van der Waals surface area contributed by atoms with Crippen LogP contribution in [0.5, 0.6) is 0 Å². The molecule has 0 aromatic carbocycles. The molecule has 1 fully saturated rings. The molecule has 0 aromatic rings. The molecular formula is C11H14N2O. The molecule has 2 aliphatic carbocycles. The summed E-state index contributed by atoms with van der Waals surface area (Å²) in [4.78, 5) is 4.82. The molecular weight excluding hydrogens is 176 g/mol. The second-order valence-electron chi connectivity index (χ2n) is 4.59. The number of nitrogens with zero attached hydrogens (tertiary/aromatic N) is 2. The molecule has 3 heteroatoms. The monoisotopic (exact) mass is 190 g/mol. The minimum absolute atomic E-state index is 0.196. The lowest BCUT2D eigenvalue weighted by molar-refractivity contribution is 0.212. The van der Waals surface area contributed by atoms with Gasteiger partial charge in [0, 0.05) is 17.4 Å². The average molecular weight is 190 g/mol. The SMILES string of the molecule is CO/N=C1/C(C)=C(C#N)C2C1C2(C)C. The lowest BCUT2D eigenvalue weighted by atomic mass is 9.95. The summed E-state index contributed by atoms with van der Waals surface area (Å²) in [5.74, 6) is 0.776. The van der Waals surface area contributed by atoms with E-state index < -0.39 is 0 Å². The third kappa shape index (κ3) is 0.886. The van der Waals surface area contributed by atoms with Crippen molar-refractivity contribution in [2.45, 2.75) is 20.8 Å². The summed E-state index contributed by atoms with van der Waals surface area (Å²) in [7, 11) is 1.55. The van der Waals surface area contributed by atoms with E-state index in [1.54, 1.807) is 7.11 Å². The van der Waals surface area contributed by atoms with Gasteiger partial charge in [-0.15, -0.1) is 0 Å². The first-order valence-corrected chi connectivity index (χ1v) is 4.78. The molecule has 0 aromatic heterocycles. The van der Waals surface area contributed by atoms with E-state index in [-0.39, 0.29) is 5.41 Å². The number of fused-ring (bicyclic) bond motifs is 1. The van der Waals surface area contributed by atoms with Crippen LogP contribution in [0.15, 0.2) is 16.3 Å². The first-order valence-electron chi connectivity index (χ1n) is 4.78. The zero-order chi connectivity index (χ0) is 10.5. The maximum absolute atomic E-state index is 9.05. The smallest absolute Gasteiger partial charge is 0.106 e. The van der Waals surface area contributed by atoms with Crippen LogP contribution >= 0.6 is 0 Å². The van der Waals surface area contributed by atoms with Gasteiger partial charge in [-0.2, -0.15) is 5.26 Å². The van der Waals surface area contributed by atoms with Gasteiger partial charge in [0.05, 0.1) is 11.8 Å². The molecule has 0 saturated heterocycles. The molecule has 2 aliphatic rings. The van der Waals surface area contributed by atoms with Gasteiger partial charge >= 0.3 is 0 Å². The summed E-state index contributed by atoms with van der Waals surface area (Å²) < 4.78 is 0. The van der Waals surface area contributed by atoms with E-state index in [2.05, 4.69) is 25.1 Å². The molecule has 0 heterocycles. The van der Waals surface area contributed by atoms with Gasteiger partial charge in [-0.25, -0.2) is 0 Å². The standard InChI is InChI=1S/C11H14N2O/c1-6-7(5-12)8-9(11(8,2)3)10(6)13-14-4/h8-9H,1-4H3/b13-10-. The molecule has 0 amide bonds. The van der Waals surface area contributed by atoms with Crippen LogP contribution in [-0.2, 0) is 4.84 Å². The van der Waals surface area contributed by atoms with Gasteiger partial charge in [-0.1, -0.05) is 19.0 Å². The molecule has 1 saturated carbocycles. The van der Waals surface area contributed by atoms with Gasteiger partial charge in [0.15, 0.2) is 0 Å². The van der Waals surface area contributed by atoms with Gasteiger partial charge in [0.1, 0.15) is 7.11 Å². The first-order chi connectivity index (χ1) is 6.55. The fraction of sp³-hybridized carbons (Fsp3) is 0.636. The lowest BCUT2D eigenvalue weighted by Gasteiger charge is -2.09. The summed E-state index contributed by atoms with van der Waals surface area (Å²) in [6.45, 7) is 6.31. The Labute approximate surface area is 84.0 Å². The van der Waals surface area contributed by atoms with Gasteiger partial charge in [0.25, 0.3) is 0 Å². The molecule has 2 atom stereocenters. The van der Waals surface area contributed by atoms with Crippen molar-refractivity contribution >= 4 is 5.71 Å². The van der Waals surface area contributed by atoms with E-state index in [4.69, 9.17) is 10.1 Å². The highest BCUT2D eigenvalue weighted by molar-refractivity contribution is 6.08. The van der Waals surface area contributed by atoms with Gasteiger partial charge in [-0.05, 0) is 17.9 Å². The minimum atomic E-state index is 0.196. The Hall–Kier alpha value is -1.30. The second-order valence-corrected chi connectivity index (χ2v) is 4.59. The highest BCUT2D eigenvalue weighted by Gasteiger charge is 2.66. The van der Waals surface area contributed by atoms with Crippen molar-refractivity contribution in [3.63, 3.8) is 0 Å². The topological polar surface area (TPSA) is 45.4 Å². The number of rotatable bonds is 1. The summed E-state index contributed by atoms with van der Waals surface area (Å²) >= 11 is 0. The summed E-state index contributed by atoms with van der Waals surface area (Å²) in [5, 5.41) is 13.1. The first kappa shape index (κ1) is 9.26. The van der Waals surface area contributed by atoms with Crippen molar-refractivity contribution in [1.82, 2.24) is 0 Å². The van der Waals surface area contributed by atoms with Gasteiger partial charge in [0.2, 0.25) is 0 Å². The van der Waals surface area contributed by atoms with Crippen molar-refractivity contribution < 1.29 is 4.84 Å². The summed E-state index contributed by atoms with van der Waals surface area (Å²) in [5.41, 5.74) is 3.08. The maximum atomic E-state index is 9.05. The molecule has 3 nitrogen and oxygen atoms in total.